The number of benzene rings is 7. The van der Waals surface area contributed by atoms with Gasteiger partial charge in [-0.15, -0.1) is 0 Å². The van der Waals surface area contributed by atoms with Crippen LogP contribution in [0.5, 0.6) is 11.5 Å². The highest BCUT2D eigenvalue weighted by atomic mass is 16.5. The molecule has 0 saturated heterocycles. The van der Waals surface area contributed by atoms with Crippen molar-refractivity contribution in [1.82, 2.24) is 15.0 Å². The Balaban J connectivity index is 0.992. The lowest BCUT2D eigenvalue weighted by atomic mass is 9.61. The van der Waals surface area contributed by atoms with Crippen molar-refractivity contribution in [3.05, 3.63) is 215 Å². The summed E-state index contributed by atoms with van der Waals surface area (Å²) in [6.45, 7) is 0. The molecule has 4 aliphatic rings. The lowest BCUT2D eigenvalue weighted by Gasteiger charge is -2.43. The van der Waals surface area contributed by atoms with E-state index in [1.807, 2.05) is 18.2 Å². The Morgan fingerprint density at radius 2 is 1.23 bits per heavy atom. The first-order chi connectivity index (χ1) is 28.2. The first kappa shape index (κ1) is 32.1. The molecule has 3 aliphatic carbocycles. The maximum Gasteiger partial charge on any atom is 0.164 e. The third-order valence-corrected chi connectivity index (χ3v) is 12.5. The van der Waals surface area contributed by atoms with Gasteiger partial charge in [0.15, 0.2) is 17.5 Å². The van der Waals surface area contributed by atoms with Crippen LogP contribution in [0, 0.1) is 5.92 Å². The maximum absolute atomic E-state index is 6.97. The van der Waals surface area contributed by atoms with Crippen LogP contribution in [-0.2, 0) is 11.8 Å². The third-order valence-electron chi connectivity index (χ3n) is 12.5. The van der Waals surface area contributed by atoms with E-state index >= 15 is 0 Å². The quantitative estimate of drug-likeness (QED) is 0.181. The minimum absolute atomic E-state index is 0.220. The molecule has 7 aromatic carbocycles. The fourth-order valence-corrected chi connectivity index (χ4v) is 10.0. The second kappa shape index (κ2) is 12.4. The summed E-state index contributed by atoms with van der Waals surface area (Å²) in [7, 11) is 0. The number of rotatable bonds is 4. The molecule has 4 nitrogen and oxygen atoms in total. The van der Waals surface area contributed by atoms with Crippen LogP contribution in [0.1, 0.15) is 39.3 Å². The number of hydrogen-bond donors (Lipinski definition) is 0. The SMILES string of the molecule is C1=CC2c3ccccc3C3(c4ccccc4Oc4c(-c5ccc(-c6nc(-c7ccccc7)nc(-c7cc8c9c(cccc9c7)CC=C8)n6)cc5)cccc43)C2C=C1. The zero-order valence-electron chi connectivity index (χ0n) is 31.0. The molecule has 3 unspecified atom stereocenters. The van der Waals surface area contributed by atoms with Crippen LogP contribution in [0.25, 0.3) is 62.1 Å². The van der Waals surface area contributed by atoms with Crippen molar-refractivity contribution in [2.24, 2.45) is 5.92 Å². The van der Waals surface area contributed by atoms with E-state index < -0.39 is 5.41 Å². The van der Waals surface area contributed by atoms with E-state index in [2.05, 4.69) is 170 Å². The summed E-state index contributed by atoms with van der Waals surface area (Å²) in [5.41, 5.74) is 12.3. The third kappa shape index (κ3) is 4.77. The van der Waals surface area contributed by atoms with Crippen molar-refractivity contribution in [1.29, 1.82) is 0 Å². The highest BCUT2D eigenvalue weighted by molar-refractivity contribution is 5.98. The molecule has 0 bridgehead atoms. The van der Waals surface area contributed by atoms with E-state index in [4.69, 9.17) is 19.7 Å². The van der Waals surface area contributed by atoms with Gasteiger partial charge in [-0.25, -0.2) is 15.0 Å². The normalized spacial score (nSPS) is 19.2. The zero-order valence-corrected chi connectivity index (χ0v) is 31.0. The van der Waals surface area contributed by atoms with Gasteiger partial charge in [-0.2, -0.15) is 0 Å². The summed E-state index contributed by atoms with van der Waals surface area (Å²) in [6, 6.07) is 54.0. The zero-order chi connectivity index (χ0) is 37.5. The molecule has 1 aromatic heterocycles. The van der Waals surface area contributed by atoms with Crippen molar-refractivity contribution in [3.63, 3.8) is 0 Å². The molecule has 268 valence electrons. The van der Waals surface area contributed by atoms with Crippen LogP contribution in [0.3, 0.4) is 0 Å². The summed E-state index contributed by atoms with van der Waals surface area (Å²) in [5, 5.41) is 2.50. The number of ether oxygens (including phenoxy) is 1. The van der Waals surface area contributed by atoms with Crippen molar-refractivity contribution in [2.75, 3.05) is 0 Å². The minimum Gasteiger partial charge on any atom is -0.456 e. The molecular weight excluding hydrogens is 695 g/mol. The summed E-state index contributed by atoms with van der Waals surface area (Å²) in [6.07, 6.45) is 14.6. The van der Waals surface area contributed by atoms with Crippen LogP contribution in [-0.4, -0.2) is 15.0 Å². The van der Waals surface area contributed by atoms with Gasteiger partial charge < -0.3 is 4.74 Å². The summed E-state index contributed by atoms with van der Waals surface area (Å²) < 4.78 is 6.97. The Bertz CT molecular complexity index is 3030. The topological polar surface area (TPSA) is 47.9 Å². The molecule has 2 heterocycles. The van der Waals surface area contributed by atoms with Gasteiger partial charge in [0.2, 0.25) is 0 Å². The van der Waals surface area contributed by atoms with Crippen molar-refractivity contribution >= 4 is 16.8 Å². The standard InChI is InChI=1S/C53H35N3O/c1-2-13-35(14-3-1)50-54-51(56-52(55-50)39-31-37-17-10-15-34-16-11-18-38(32-39)48(34)37)36-29-27-33(28-30-36)40-21-12-25-46-49(40)57-47-26-9-8-24-45(47)53(46)43-22-6-4-19-41(43)42-20-5-7-23-44(42)53/h1-15,17-32,41,43H,16H2. The number of nitrogens with zero attached hydrogens (tertiary/aromatic N) is 3. The Hall–Kier alpha value is -7.17. The molecule has 0 N–H and O–H groups in total. The molecular formula is C53H35N3O. The molecule has 4 heteroatoms. The van der Waals surface area contributed by atoms with Crippen LogP contribution in [0.4, 0.5) is 0 Å². The summed E-state index contributed by atoms with van der Waals surface area (Å²) >= 11 is 0. The number of fused-ring (bicyclic) bond motifs is 9. The molecule has 0 radical (unpaired) electrons. The molecule has 8 aromatic rings. The van der Waals surface area contributed by atoms with Crippen LogP contribution >= 0.6 is 0 Å². The lowest BCUT2D eigenvalue weighted by Crippen LogP contribution is -2.37. The monoisotopic (exact) mass is 729 g/mol. The number of hydrogen-bond acceptors (Lipinski definition) is 4. The number of aromatic nitrogens is 3. The van der Waals surface area contributed by atoms with Crippen LogP contribution in [0.15, 0.2) is 182 Å². The van der Waals surface area contributed by atoms with Gasteiger partial charge in [0.05, 0.1) is 5.41 Å². The summed E-state index contributed by atoms with van der Waals surface area (Å²) in [4.78, 5) is 15.3. The van der Waals surface area contributed by atoms with Gasteiger partial charge in [0.1, 0.15) is 11.5 Å². The second-order valence-corrected chi connectivity index (χ2v) is 15.4. The van der Waals surface area contributed by atoms with Gasteiger partial charge in [-0.3, -0.25) is 0 Å². The lowest BCUT2D eigenvalue weighted by molar-refractivity contribution is 0.375. The van der Waals surface area contributed by atoms with E-state index in [0.29, 0.717) is 17.5 Å². The van der Waals surface area contributed by atoms with E-state index in [0.717, 1.165) is 45.7 Å². The Morgan fingerprint density at radius 3 is 2.09 bits per heavy atom. The van der Waals surface area contributed by atoms with Gasteiger partial charge in [-0.1, -0.05) is 170 Å². The predicted molar refractivity (Wildman–Crippen MR) is 229 cm³/mol. The average Bonchev–Trinajstić information content (AvgIpc) is 3.57. The van der Waals surface area contributed by atoms with E-state index in [9.17, 15) is 0 Å². The van der Waals surface area contributed by atoms with Gasteiger partial charge in [-0.05, 0) is 63.2 Å². The van der Waals surface area contributed by atoms with Crippen molar-refractivity contribution in [2.45, 2.75) is 17.8 Å². The molecule has 1 spiro atoms. The number of para-hydroxylation sites is 2. The minimum atomic E-state index is -0.392. The highest BCUT2D eigenvalue weighted by Crippen LogP contribution is 2.65. The maximum atomic E-state index is 6.97. The van der Waals surface area contributed by atoms with E-state index in [1.165, 1.54) is 44.2 Å². The second-order valence-electron chi connectivity index (χ2n) is 15.4. The smallest absolute Gasteiger partial charge is 0.164 e. The molecule has 57 heavy (non-hydrogen) atoms. The Labute approximate surface area is 331 Å². The van der Waals surface area contributed by atoms with Crippen LogP contribution < -0.4 is 4.74 Å². The molecule has 0 amide bonds. The molecule has 0 fully saturated rings. The largest absolute Gasteiger partial charge is 0.456 e. The number of allylic oxidation sites excluding steroid dienone is 5. The molecule has 12 rings (SSSR count). The summed E-state index contributed by atoms with van der Waals surface area (Å²) in [5.74, 6) is 4.26. The molecule has 1 aliphatic heterocycles. The first-order valence-corrected chi connectivity index (χ1v) is 19.7. The Kier molecular flexibility index (Phi) is 7.00. The Morgan fingerprint density at radius 1 is 0.544 bits per heavy atom. The van der Waals surface area contributed by atoms with E-state index in [-0.39, 0.29) is 11.8 Å². The average molecular weight is 730 g/mol. The predicted octanol–water partition coefficient (Wildman–Crippen LogP) is 12.5. The molecule has 0 saturated carbocycles. The van der Waals surface area contributed by atoms with Gasteiger partial charge in [0, 0.05) is 45.2 Å². The van der Waals surface area contributed by atoms with Crippen molar-refractivity contribution in [3.8, 4) is 56.8 Å². The fourth-order valence-electron chi connectivity index (χ4n) is 10.0. The van der Waals surface area contributed by atoms with Gasteiger partial charge in [0.25, 0.3) is 0 Å². The van der Waals surface area contributed by atoms with Gasteiger partial charge >= 0.3 is 0 Å². The van der Waals surface area contributed by atoms with E-state index in [1.54, 1.807) is 0 Å². The van der Waals surface area contributed by atoms with Crippen molar-refractivity contribution < 1.29 is 4.74 Å². The first-order valence-electron chi connectivity index (χ1n) is 19.7. The fraction of sp³-hybridized carbons (Fsp3) is 0.0755. The molecule has 3 atom stereocenters. The highest BCUT2D eigenvalue weighted by Gasteiger charge is 2.56. The van der Waals surface area contributed by atoms with Crippen LogP contribution in [0.2, 0.25) is 0 Å².